The van der Waals surface area contributed by atoms with Crippen LogP contribution in [0.1, 0.15) is 25.3 Å². The van der Waals surface area contributed by atoms with Crippen molar-refractivity contribution in [3.8, 4) is 6.07 Å². The molecule has 1 N–H and O–H groups in total. The number of piperidine rings is 1. The number of nitrogens with zero attached hydrogens (tertiary/aromatic N) is 5. The van der Waals surface area contributed by atoms with E-state index in [-0.39, 0.29) is 18.6 Å². The van der Waals surface area contributed by atoms with E-state index in [1.807, 2.05) is 24.9 Å². The predicted octanol–water partition coefficient (Wildman–Crippen LogP) is 1.65. The minimum Gasteiger partial charge on any atom is -0.365 e. The van der Waals surface area contributed by atoms with Gasteiger partial charge in [0.25, 0.3) is 5.91 Å². The molecular formula is C22H27FN6O2. The third kappa shape index (κ3) is 4.60. The molecular weight excluding hydrogens is 399 g/mol. The molecule has 1 amide bonds. The number of carbonyl (C=O) groups excluding carboxylic acids is 1. The van der Waals surface area contributed by atoms with E-state index in [1.54, 1.807) is 12.3 Å². The fourth-order valence-corrected chi connectivity index (χ4v) is 4.28. The fourth-order valence-electron chi connectivity index (χ4n) is 4.28. The lowest BCUT2D eigenvalue weighted by atomic mass is 9.93. The van der Waals surface area contributed by atoms with E-state index in [9.17, 15) is 10.1 Å². The molecule has 2 aliphatic rings. The number of likely N-dealkylation sites (tertiary alicyclic amines) is 1. The molecule has 1 aromatic carbocycles. The number of hydrogen-bond acceptors (Lipinski definition) is 7. The number of hydrogen-bond donors (Lipinski definition) is 1. The third-order valence-electron chi connectivity index (χ3n) is 6.13. The Balaban J connectivity index is 1.48. The second kappa shape index (κ2) is 8.73. The van der Waals surface area contributed by atoms with Gasteiger partial charge in [-0.2, -0.15) is 5.26 Å². The summed E-state index contributed by atoms with van der Waals surface area (Å²) in [5.74, 6) is -0.304. The Bertz CT molecular complexity index is 1000. The van der Waals surface area contributed by atoms with E-state index in [1.165, 1.54) is 6.33 Å². The van der Waals surface area contributed by atoms with Crippen LogP contribution in [-0.2, 0) is 9.53 Å². The van der Waals surface area contributed by atoms with Gasteiger partial charge in [-0.15, -0.1) is 0 Å². The summed E-state index contributed by atoms with van der Waals surface area (Å²) in [6, 6.07) is 5.74. The zero-order valence-electron chi connectivity index (χ0n) is 17.8. The maximum absolute atomic E-state index is 15.0. The highest BCUT2D eigenvalue weighted by molar-refractivity contribution is 5.95. The molecule has 2 atom stereocenters. The zero-order chi connectivity index (χ0) is 22.0. The van der Waals surface area contributed by atoms with Crippen molar-refractivity contribution in [2.75, 3.05) is 44.7 Å². The highest BCUT2D eigenvalue weighted by atomic mass is 19.1. The van der Waals surface area contributed by atoms with Crippen LogP contribution in [0.25, 0.3) is 10.9 Å². The summed E-state index contributed by atoms with van der Waals surface area (Å²) >= 11 is 0. The first-order valence-electron chi connectivity index (χ1n) is 10.6. The van der Waals surface area contributed by atoms with Gasteiger partial charge in [-0.05, 0) is 38.9 Å². The molecule has 2 aliphatic heterocycles. The molecule has 164 valence electrons. The second-order valence-corrected chi connectivity index (χ2v) is 8.54. The minimum absolute atomic E-state index is 0.00154. The molecule has 0 spiro atoms. The van der Waals surface area contributed by atoms with Crippen LogP contribution in [0.15, 0.2) is 24.7 Å². The average Bonchev–Trinajstić information content (AvgIpc) is 2.78. The van der Waals surface area contributed by atoms with E-state index in [2.05, 4.69) is 26.3 Å². The maximum atomic E-state index is 15.0. The van der Waals surface area contributed by atoms with Crippen LogP contribution in [0.2, 0.25) is 0 Å². The minimum atomic E-state index is -1.37. The van der Waals surface area contributed by atoms with Crippen LogP contribution in [-0.4, -0.2) is 78.4 Å². The molecule has 4 rings (SSSR count). The smallest absolute Gasteiger partial charge is 0.251 e. The van der Waals surface area contributed by atoms with Gasteiger partial charge in [0.05, 0.1) is 30.3 Å². The number of nitriles is 1. The number of nitrogens with one attached hydrogen (secondary N) is 1. The molecule has 3 heterocycles. The number of aromatic nitrogens is 2. The SMILES string of the molecule is C[C@@H]1CN(c2ccc(C#N)c3ncncc23)C[C@H](C(=O)NCC2(F)CCN(C)CC2)O1. The van der Waals surface area contributed by atoms with E-state index in [4.69, 9.17) is 4.74 Å². The lowest BCUT2D eigenvalue weighted by Gasteiger charge is -2.39. The summed E-state index contributed by atoms with van der Waals surface area (Å²) in [7, 11) is 1.97. The van der Waals surface area contributed by atoms with Gasteiger partial charge in [-0.1, -0.05) is 0 Å². The number of morpholine rings is 1. The Hall–Kier alpha value is -2.83. The number of ether oxygens (including phenoxy) is 1. The highest BCUT2D eigenvalue weighted by Gasteiger charge is 2.36. The molecule has 0 radical (unpaired) electrons. The first-order chi connectivity index (χ1) is 14.9. The van der Waals surface area contributed by atoms with Crippen molar-refractivity contribution in [3.05, 3.63) is 30.2 Å². The second-order valence-electron chi connectivity index (χ2n) is 8.54. The van der Waals surface area contributed by atoms with Crippen LogP contribution >= 0.6 is 0 Å². The number of fused-ring (bicyclic) bond motifs is 1. The first kappa shape index (κ1) is 21.4. The van der Waals surface area contributed by atoms with E-state index < -0.39 is 11.8 Å². The van der Waals surface area contributed by atoms with Gasteiger partial charge >= 0.3 is 0 Å². The predicted molar refractivity (Wildman–Crippen MR) is 114 cm³/mol. The number of rotatable bonds is 4. The molecule has 31 heavy (non-hydrogen) atoms. The first-order valence-corrected chi connectivity index (χ1v) is 10.6. The number of anilines is 1. The third-order valence-corrected chi connectivity index (χ3v) is 6.13. The lowest BCUT2D eigenvalue weighted by Crippen LogP contribution is -2.55. The van der Waals surface area contributed by atoms with Gasteiger partial charge in [0, 0.05) is 36.9 Å². The quantitative estimate of drug-likeness (QED) is 0.794. The lowest BCUT2D eigenvalue weighted by molar-refractivity contribution is -0.138. The van der Waals surface area contributed by atoms with Crippen molar-refractivity contribution in [3.63, 3.8) is 0 Å². The van der Waals surface area contributed by atoms with Gasteiger partial charge in [0.15, 0.2) is 6.10 Å². The van der Waals surface area contributed by atoms with Crippen molar-refractivity contribution in [2.45, 2.75) is 37.6 Å². The maximum Gasteiger partial charge on any atom is 0.251 e. The van der Waals surface area contributed by atoms with Crippen LogP contribution in [0.4, 0.5) is 10.1 Å². The fraction of sp³-hybridized carbons (Fsp3) is 0.545. The molecule has 0 aliphatic carbocycles. The molecule has 2 aromatic rings. The Morgan fingerprint density at radius 1 is 1.39 bits per heavy atom. The number of alkyl halides is 1. The van der Waals surface area contributed by atoms with Crippen molar-refractivity contribution in [1.82, 2.24) is 20.2 Å². The normalized spacial score (nSPS) is 24.0. The number of carbonyl (C=O) groups is 1. The standard InChI is InChI=1S/C22H27FN6O2/c1-15-11-29(18-4-3-16(9-24)20-17(18)10-25-14-27-20)12-19(31-15)21(30)26-13-22(23)5-7-28(2)8-6-22/h3-4,10,14-15,19H,5-8,11-13H2,1-2H3,(H,26,30)/t15-,19-/m1/s1. The Labute approximate surface area is 181 Å². The van der Waals surface area contributed by atoms with Gasteiger partial charge in [-0.3, -0.25) is 4.79 Å². The van der Waals surface area contributed by atoms with Gasteiger partial charge in [0.2, 0.25) is 0 Å². The van der Waals surface area contributed by atoms with Crippen LogP contribution < -0.4 is 10.2 Å². The zero-order valence-corrected chi connectivity index (χ0v) is 17.8. The van der Waals surface area contributed by atoms with Crippen molar-refractivity contribution in [2.24, 2.45) is 0 Å². The molecule has 2 fully saturated rings. The van der Waals surface area contributed by atoms with Gasteiger partial charge in [0.1, 0.15) is 18.1 Å². The molecule has 0 bridgehead atoms. The van der Waals surface area contributed by atoms with E-state index >= 15 is 4.39 Å². The monoisotopic (exact) mass is 426 g/mol. The van der Waals surface area contributed by atoms with Crippen LogP contribution in [0.5, 0.6) is 0 Å². The topological polar surface area (TPSA) is 94.4 Å². The number of benzene rings is 1. The summed E-state index contributed by atoms with van der Waals surface area (Å²) in [6.07, 6.45) is 3.02. The van der Waals surface area contributed by atoms with E-state index in [0.29, 0.717) is 50.1 Å². The summed E-state index contributed by atoms with van der Waals surface area (Å²) in [6.45, 7) is 4.19. The van der Waals surface area contributed by atoms with Crippen molar-refractivity contribution < 1.29 is 13.9 Å². The Morgan fingerprint density at radius 3 is 2.90 bits per heavy atom. The molecule has 8 nitrogen and oxygen atoms in total. The van der Waals surface area contributed by atoms with Crippen LogP contribution in [0, 0.1) is 11.3 Å². The summed E-state index contributed by atoms with van der Waals surface area (Å²) < 4.78 is 20.9. The average molecular weight is 426 g/mol. The van der Waals surface area contributed by atoms with Gasteiger partial charge < -0.3 is 19.9 Å². The highest BCUT2D eigenvalue weighted by Crippen LogP contribution is 2.30. The summed E-state index contributed by atoms with van der Waals surface area (Å²) in [5.41, 5.74) is 0.530. The summed E-state index contributed by atoms with van der Waals surface area (Å²) in [5, 5.41) is 12.9. The largest absolute Gasteiger partial charge is 0.365 e. The van der Waals surface area contributed by atoms with Crippen molar-refractivity contribution >= 4 is 22.5 Å². The number of amides is 1. The molecule has 2 saturated heterocycles. The molecule has 9 heteroatoms. The van der Waals surface area contributed by atoms with Crippen molar-refractivity contribution in [1.29, 1.82) is 5.26 Å². The Kier molecular flexibility index (Phi) is 6.03. The molecule has 0 unspecified atom stereocenters. The van der Waals surface area contributed by atoms with Crippen LogP contribution in [0.3, 0.4) is 0 Å². The molecule has 1 aromatic heterocycles. The Morgan fingerprint density at radius 2 is 2.16 bits per heavy atom. The van der Waals surface area contributed by atoms with E-state index in [0.717, 1.165) is 11.1 Å². The van der Waals surface area contributed by atoms with Gasteiger partial charge in [-0.25, -0.2) is 14.4 Å². The number of halogens is 1. The summed E-state index contributed by atoms with van der Waals surface area (Å²) in [4.78, 5) is 25.3. The molecule has 0 saturated carbocycles.